The van der Waals surface area contributed by atoms with Crippen molar-refractivity contribution in [3.8, 4) is 0 Å². The molecule has 2 amide bonds. The second kappa shape index (κ2) is 9.33. The second-order valence-corrected chi connectivity index (χ2v) is 8.50. The van der Waals surface area contributed by atoms with Gasteiger partial charge in [-0.1, -0.05) is 19.1 Å². The Morgan fingerprint density at radius 3 is 2.68 bits per heavy atom. The Balaban J connectivity index is 1.53. The van der Waals surface area contributed by atoms with Crippen molar-refractivity contribution in [3.05, 3.63) is 34.7 Å². The highest BCUT2D eigenvalue weighted by atomic mass is 16.5. The van der Waals surface area contributed by atoms with Gasteiger partial charge in [-0.3, -0.25) is 28.9 Å². The van der Waals surface area contributed by atoms with E-state index in [0.29, 0.717) is 13.0 Å². The number of para-hydroxylation sites is 2. The normalized spacial score (nSPS) is 25.2. The zero-order valence-electron chi connectivity index (χ0n) is 18.2. The molecule has 0 radical (unpaired) electrons. The number of likely N-dealkylation sites (N-methyl/N-ethyl adjacent to an activating group) is 1. The van der Waals surface area contributed by atoms with Gasteiger partial charge in [0.2, 0.25) is 11.8 Å². The Hall–Kier alpha value is -2.49. The molecule has 0 spiro atoms. The summed E-state index contributed by atoms with van der Waals surface area (Å²) in [5.41, 5.74) is 1.35. The molecular weight excluding hydrogens is 398 g/mol. The van der Waals surface area contributed by atoms with Crippen LogP contribution in [0.5, 0.6) is 0 Å². The average molecular weight is 430 g/mol. The van der Waals surface area contributed by atoms with Gasteiger partial charge in [-0.15, -0.1) is 0 Å². The van der Waals surface area contributed by atoms with Crippen molar-refractivity contribution in [2.45, 2.75) is 38.5 Å². The fourth-order valence-electron chi connectivity index (χ4n) is 4.64. The van der Waals surface area contributed by atoms with E-state index in [4.69, 9.17) is 4.74 Å². The SMILES string of the molecule is CNC[C@@H]1CN(CCCn2c(=O)n(C3CC(C)C(=O)NC3=O)c3ccccc32)CCO1. The number of imide groups is 1. The summed E-state index contributed by atoms with van der Waals surface area (Å²) in [5.74, 6) is -0.999. The third kappa shape index (κ3) is 4.44. The maximum atomic E-state index is 13.4. The number of amides is 2. The van der Waals surface area contributed by atoms with Gasteiger partial charge in [0.15, 0.2) is 0 Å². The monoisotopic (exact) mass is 429 g/mol. The lowest BCUT2D eigenvalue weighted by Gasteiger charge is -2.32. The van der Waals surface area contributed by atoms with Gasteiger partial charge in [-0.2, -0.15) is 0 Å². The molecule has 168 valence electrons. The van der Waals surface area contributed by atoms with Crippen LogP contribution in [0, 0.1) is 5.92 Å². The molecule has 3 heterocycles. The number of rotatable bonds is 7. The number of benzene rings is 1. The highest BCUT2D eigenvalue weighted by Gasteiger charge is 2.35. The first-order valence-corrected chi connectivity index (χ1v) is 11.0. The van der Waals surface area contributed by atoms with Gasteiger partial charge in [0, 0.05) is 38.6 Å². The van der Waals surface area contributed by atoms with Gasteiger partial charge >= 0.3 is 5.69 Å². The van der Waals surface area contributed by atoms with Crippen molar-refractivity contribution >= 4 is 22.8 Å². The van der Waals surface area contributed by atoms with Gasteiger partial charge in [0.05, 0.1) is 23.7 Å². The van der Waals surface area contributed by atoms with Crippen LogP contribution in [0.1, 0.15) is 25.8 Å². The van der Waals surface area contributed by atoms with E-state index in [0.717, 1.165) is 50.2 Å². The van der Waals surface area contributed by atoms with Crippen molar-refractivity contribution in [2.75, 3.05) is 39.8 Å². The van der Waals surface area contributed by atoms with E-state index in [2.05, 4.69) is 15.5 Å². The van der Waals surface area contributed by atoms with Crippen LogP contribution in [0.3, 0.4) is 0 Å². The molecule has 3 atom stereocenters. The quantitative estimate of drug-likeness (QED) is 0.616. The average Bonchev–Trinajstić information content (AvgIpc) is 3.03. The first kappa shape index (κ1) is 21.7. The number of nitrogens with one attached hydrogen (secondary N) is 2. The van der Waals surface area contributed by atoms with Gasteiger partial charge < -0.3 is 10.1 Å². The zero-order chi connectivity index (χ0) is 22.0. The molecule has 2 N–H and O–H groups in total. The summed E-state index contributed by atoms with van der Waals surface area (Å²) < 4.78 is 9.08. The van der Waals surface area contributed by atoms with Crippen molar-refractivity contribution in [2.24, 2.45) is 5.92 Å². The lowest BCUT2D eigenvalue weighted by molar-refractivity contribution is -0.138. The van der Waals surface area contributed by atoms with E-state index < -0.39 is 11.9 Å². The number of aromatic nitrogens is 2. The Bertz CT molecular complexity index is 1010. The molecule has 2 aromatic rings. The van der Waals surface area contributed by atoms with Crippen LogP contribution in [0.25, 0.3) is 11.0 Å². The fourth-order valence-corrected chi connectivity index (χ4v) is 4.64. The molecule has 9 nitrogen and oxygen atoms in total. The predicted molar refractivity (Wildman–Crippen MR) is 117 cm³/mol. The van der Waals surface area contributed by atoms with E-state index >= 15 is 0 Å². The molecule has 0 aliphatic carbocycles. The summed E-state index contributed by atoms with van der Waals surface area (Å²) in [7, 11) is 1.92. The predicted octanol–water partition coefficient (Wildman–Crippen LogP) is 0.337. The maximum Gasteiger partial charge on any atom is 0.329 e. The Morgan fingerprint density at radius 2 is 1.90 bits per heavy atom. The molecule has 0 bridgehead atoms. The Morgan fingerprint density at radius 1 is 1.13 bits per heavy atom. The van der Waals surface area contributed by atoms with E-state index in [9.17, 15) is 14.4 Å². The van der Waals surface area contributed by atoms with Gasteiger partial charge in [-0.05, 0) is 32.0 Å². The summed E-state index contributed by atoms with van der Waals surface area (Å²) >= 11 is 0. The minimum absolute atomic E-state index is 0.193. The van der Waals surface area contributed by atoms with Gasteiger partial charge in [0.25, 0.3) is 0 Å². The molecule has 4 rings (SSSR count). The number of ether oxygens (including phenoxy) is 1. The van der Waals surface area contributed by atoms with Crippen LogP contribution in [-0.2, 0) is 20.9 Å². The number of imidazole rings is 1. The molecule has 2 saturated heterocycles. The molecule has 9 heteroatoms. The van der Waals surface area contributed by atoms with E-state index in [1.807, 2.05) is 31.3 Å². The lowest BCUT2D eigenvalue weighted by Crippen LogP contribution is -2.48. The molecule has 2 unspecified atom stereocenters. The summed E-state index contributed by atoms with van der Waals surface area (Å²) in [4.78, 5) is 40.1. The fraction of sp³-hybridized carbons (Fsp3) is 0.591. The molecule has 1 aromatic carbocycles. The maximum absolute atomic E-state index is 13.4. The highest BCUT2D eigenvalue weighted by molar-refractivity contribution is 6.01. The topological polar surface area (TPSA) is 97.6 Å². The number of hydrogen-bond donors (Lipinski definition) is 2. The van der Waals surface area contributed by atoms with Gasteiger partial charge in [0.1, 0.15) is 6.04 Å². The molecule has 31 heavy (non-hydrogen) atoms. The summed E-state index contributed by atoms with van der Waals surface area (Å²) in [5, 5.41) is 5.57. The number of morpholine rings is 1. The van der Waals surface area contributed by atoms with E-state index in [1.54, 1.807) is 16.1 Å². The molecule has 0 saturated carbocycles. The number of piperidine rings is 1. The molecular formula is C22H31N5O4. The first-order valence-electron chi connectivity index (χ1n) is 11.0. The van der Waals surface area contributed by atoms with Crippen molar-refractivity contribution < 1.29 is 14.3 Å². The Kier molecular flexibility index (Phi) is 6.54. The third-order valence-corrected chi connectivity index (χ3v) is 6.26. The van der Waals surface area contributed by atoms with Crippen LogP contribution in [0.4, 0.5) is 0 Å². The highest BCUT2D eigenvalue weighted by Crippen LogP contribution is 2.26. The van der Waals surface area contributed by atoms with Crippen LogP contribution in [0.15, 0.2) is 29.1 Å². The van der Waals surface area contributed by atoms with E-state index in [1.165, 1.54) is 0 Å². The zero-order valence-corrected chi connectivity index (χ0v) is 18.2. The summed E-state index contributed by atoms with van der Waals surface area (Å²) in [6.45, 7) is 6.56. The smallest absolute Gasteiger partial charge is 0.329 e. The number of carbonyl (C=O) groups is 2. The van der Waals surface area contributed by atoms with Crippen LogP contribution in [-0.4, -0.2) is 71.8 Å². The summed E-state index contributed by atoms with van der Waals surface area (Å²) in [6, 6.07) is 6.88. The van der Waals surface area contributed by atoms with Crippen molar-refractivity contribution in [3.63, 3.8) is 0 Å². The molecule has 2 fully saturated rings. The Labute approximate surface area is 181 Å². The number of aryl methyl sites for hydroxylation is 1. The minimum Gasteiger partial charge on any atom is -0.374 e. The van der Waals surface area contributed by atoms with Crippen LogP contribution >= 0.6 is 0 Å². The van der Waals surface area contributed by atoms with Gasteiger partial charge in [-0.25, -0.2) is 4.79 Å². The molecule has 2 aliphatic rings. The van der Waals surface area contributed by atoms with E-state index in [-0.39, 0.29) is 23.6 Å². The van der Waals surface area contributed by atoms with Crippen LogP contribution in [0.2, 0.25) is 0 Å². The third-order valence-electron chi connectivity index (χ3n) is 6.26. The standard InChI is InChI=1S/C22H31N5O4/c1-15-12-19(21(29)24-20(15)28)27-18-7-4-3-6-17(18)26(22(27)30)9-5-8-25-10-11-31-16(14-25)13-23-2/h3-4,6-7,15-16,19,23H,5,8-14H2,1-2H3,(H,24,28,29)/t15?,16-,19?/m1/s1. The van der Waals surface area contributed by atoms with Crippen molar-refractivity contribution in [1.82, 2.24) is 24.7 Å². The van der Waals surface area contributed by atoms with Crippen LogP contribution < -0.4 is 16.3 Å². The number of hydrogen-bond acceptors (Lipinski definition) is 6. The molecule has 2 aliphatic heterocycles. The number of nitrogens with zero attached hydrogens (tertiary/aromatic N) is 3. The summed E-state index contributed by atoms with van der Waals surface area (Å²) in [6.07, 6.45) is 1.35. The lowest BCUT2D eigenvalue weighted by atomic mass is 9.96. The molecule has 1 aromatic heterocycles. The number of fused-ring (bicyclic) bond motifs is 1. The first-order chi connectivity index (χ1) is 15.0. The second-order valence-electron chi connectivity index (χ2n) is 8.50. The number of carbonyl (C=O) groups excluding carboxylic acids is 2. The largest absolute Gasteiger partial charge is 0.374 e. The van der Waals surface area contributed by atoms with Crippen molar-refractivity contribution in [1.29, 1.82) is 0 Å². The minimum atomic E-state index is -0.673.